The minimum Gasteiger partial charge on any atom is -0.493 e. The number of nitrogens with two attached hydrogens (primary N) is 1. The number of halogens is 3. The lowest BCUT2D eigenvalue weighted by atomic mass is 10.2. The van der Waals surface area contributed by atoms with E-state index in [0.717, 1.165) is 18.9 Å². The van der Waals surface area contributed by atoms with Gasteiger partial charge in [0.2, 0.25) is 6.41 Å². The van der Waals surface area contributed by atoms with Crippen molar-refractivity contribution in [2.75, 3.05) is 27.4 Å². The zero-order valence-electron chi connectivity index (χ0n) is 18.6. The fourth-order valence-corrected chi connectivity index (χ4v) is 3.70. The molecule has 0 spiro atoms. The minimum atomic E-state index is -0.598. The fraction of sp³-hybridized carbons (Fsp3) is 0.348. The van der Waals surface area contributed by atoms with Crippen LogP contribution >= 0.6 is 23.2 Å². The van der Waals surface area contributed by atoms with Gasteiger partial charge in [-0.1, -0.05) is 23.2 Å². The SMILES string of the molecule is COC.NC=O.O=Cc1cc(OCC23CC2(NC(=O)COc2ccc(Cl)c(F)c2)C3)ccc1Cl. The zero-order valence-corrected chi connectivity index (χ0v) is 20.1. The number of nitrogens with one attached hydrogen (secondary N) is 1. The third kappa shape index (κ3) is 6.82. The second-order valence-corrected chi connectivity index (χ2v) is 8.58. The number of carbonyl (C=O) groups is 3. The predicted molar refractivity (Wildman–Crippen MR) is 125 cm³/mol. The molecule has 0 saturated heterocycles. The normalized spacial score (nSPS) is 20.7. The number of rotatable bonds is 8. The molecule has 0 radical (unpaired) electrons. The number of carbonyl (C=O) groups excluding carboxylic acids is 3. The molecule has 184 valence electrons. The minimum absolute atomic E-state index is 0.00242. The van der Waals surface area contributed by atoms with Crippen molar-refractivity contribution in [3.63, 3.8) is 0 Å². The summed E-state index contributed by atoms with van der Waals surface area (Å²) in [5, 5.41) is 3.34. The Labute approximate surface area is 206 Å². The molecule has 34 heavy (non-hydrogen) atoms. The maximum absolute atomic E-state index is 13.4. The summed E-state index contributed by atoms with van der Waals surface area (Å²) in [7, 11) is 3.25. The third-order valence-electron chi connectivity index (χ3n) is 5.29. The van der Waals surface area contributed by atoms with Gasteiger partial charge in [0, 0.05) is 31.3 Å². The molecule has 8 nitrogen and oxygen atoms in total. The number of ether oxygens (including phenoxy) is 3. The molecule has 2 amide bonds. The van der Waals surface area contributed by atoms with Gasteiger partial charge < -0.3 is 25.3 Å². The van der Waals surface area contributed by atoms with Crippen molar-refractivity contribution >= 4 is 41.8 Å². The van der Waals surface area contributed by atoms with Gasteiger partial charge in [-0.05, 0) is 43.2 Å². The molecular weight excluding hydrogens is 490 g/mol. The van der Waals surface area contributed by atoms with E-state index in [2.05, 4.69) is 15.8 Å². The summed E-state index contributed by atoms with van der Waals surface area (Å²) in [5.41, 5.74) is 4.22. The van der Waals surface area contributed by atoms with Gasteiger partial charge in [0.1, 0.15) is 17.3 Å². The average Bonchev–Trinajstić information content (AvgIpc) is 3.61. The number of hydrogen-bond acceptors (Lipinski definition) is 6. The molecule has 2 aromatic carbocycles. The van der Waals surface area contributed by atoms with Crippen LogP contribution < -0.4 is 20.5 Å². The maximum atomic E-state index is 13.4. The second-order valence-electron chi connectivity index (χ2n) is 7.76. The van der Waals surface area contributed by atoms with Gasteiger partial charge in [0.05, 0.1) is 22.2 Å². The van der Waals surface area contributed by atoms with E-state index < -0.39 is 5.82 Å². The van der Waals surface area contributed by atoms with Gasteiger partial charge in [-0.2, -0.15) is 0 Å². The number of benzene rings is 2. The van der Waals surface area contributed by atoms with Gasteiger partial charge >= 0.3 is 0 Å². The highest BCUT2D eigenvalue weighted by atomic mass is 35.5. The van der Waals surface area contributed by atoms with Crippen LogP contribution in [0.4, 0.5) is 4.39 Å². The van der Waals surface area contributed by atoms with Gasteiger partial charge in [-0.3, -0.25) is 14.4 Å². The Kier molecular flexibility index (Phi) is 9.66. The van der Waals surface area contributed by atoms with E-state index >= 15 is 0 Å². The Balaban J connectivity index is 0.000000618. The van der Waals surface area contributed by atoms with E-state index in [1.165, 1.54) is 12.1 Å². The molecule has 0 atom stereocenters. The number of hydrogen-bond donors (Lipinski definition) is 2. The van der Waals surface area contributed by atoms with E-state index in [1.807, 2.05) is 0 Å². The summed E-state index contributed by atoms with van der Waals surface area (Å²) >= 11 is 11.5. The summed E-state index contributed by atoms with van der Waals surface area (Å²) in [6.07, 6.45) is 2.59. The van der Waals surface area contributed by atoms with E-state index in [0.29, 0.717) is 29.2 Å². The standard InChI is InChI=1S/C20H16Cl2FNO4.C2H6O.CH3NO/c21-15-3-1-13(5-12(15)7-25)28-11-19-9-20(19,10-19)24-18(26)8-27-14-2-4-16(22)17(23)6-14;1-3-2;2-1-3/h1-7H,8-11H2,(H,24,26);1-2H3;1H,(H2,2,3). The molecule has 4 rings (SSSR count). The summed E-state index contributed by atoms with van der Waals surface area (Å²) in [6, 6.07) is 8.93. The molecule has 2 aliphatic rings. The Bertz CT molecular complexity index is 1030. The second kappa shape index (κ2) is 12.0. The fourth-order valence-electron chi connectivity index (χ4n) is 3.42. The molecule has 0 aromatic heterocycles. The monoisotopic (exact) mass is 514 g/mol. The third-order valence-corrected chi connectivity index (χ3v) is 5.95. The van der Waals surface area contributed by atoms with Crippen LogP contribution in [0.5, 0.6) is 11.5 Å². The lowest BCUT2D eigenvalue weighted by Gasteiger charge is -2.09. The molecule has 11 heteroatoms. The highest BCUT2D eigenvalue weighted by Gasteiger charge is 2.84. The van der Waals surface area contributed by atoms with E-state index in [1.54, 1.807) is 32.4 Å². The van der Waals surface area contributed by atoms with Crippen LogP contribution in [0.25, 0.3) is 0 Å². The highest BCUT2D eigenvalue weighted by molar-refractivity contribution is 6.33. The van der Waals surface area contributed by atoms with Crippen molar-refractivity contribution in [2.24, 2.45) is 11.1 Å². The van der Waals surface area contributed by atoms with Crippen LogP contribution in [0.3, 0.4) is 0 Å². The first kappa shape index (κ1) is 27.4. The zero-order chi connectivity index (χ0) is 25.4. The quantitative estimate of drug-likeness (QED) is 0.521. The smallest absolute Gasteiger partial charge is 0.258 e. The Hall–Kier alpha value is -2.88. The number of primary amides is 1. The lowest BCUT2D eigenvalue weighted by Crippen LogP contribution is -2.34. The number of fused-ring (bicyclic) bond motifs is 1. The van der Waals surface area contributed by atoms with E-state index in [9.17, 15) is 14.0 Å². The van der Waals surface area contributed by atoms with E-state index in [4.69, 9.17) is 37.5 Å². The van der Waals surface area contributed by atoms with Crippen molar-refractivity contribution in [1.29, 1.82) is 0 Å². The highest BCUT2D eigenvalue weighted by Crippen LogP contribution is 2.78. The first-order valence-electron chi connectivity index (χ1n) is 10.0. The molecule has 3 N–H and O–H groups in total. The van der Waals surface area contributed by atoms with Crippen molar-refractivity contribution in [1.82, 2.24) is 5.32 Å². The van der Waals surface area contributed by atoms with Crippen LogP contribution in [0.15, 0.2) is 36.4 Å². The first-order chi connectivity index (χ1) is 16.2. The van der Waals surface area contributed by atoms with Crippen LogP contribution in [0.2, 0.25) is 10.0 Å². The molecule has 0 bridgehead atoms. The summed E-state index contributed by atoms with van der Waals surface area (Å²) in [4.78, 5) is 31.7. The van der Waals surface area contributed by atoms with Gasteiger partial charge in [-0.15, -0.1) is 0 Å². The molecule has 0 heterocycles. The molecule has 2 aliphatic carbocycles. The predicted octanol–water partition coefficient (Wildman–Crippen LogP) is 3.42. The maximum Gasteiger partial charge on any atom is 0.258 e. The Morgan fingerprint density at radius 1 is 1.09 bits per heavy atom. The van der Waals surface area contributed by atoms with Crippen molar-refractivity contribution < 1.29 is 33.0 Å². The topological polar surface area (TPSA) is 117 Å². The van der Waals surface area contributed by atoms with Crippen LogP contribution in [-0.4, -0.2) is 51.6 Å². The van der Waals surface area contributed by atoms with Crippen molar-refractivity contribution in [2.45, 2.75) is 18.4 Å². The molecule has 0 aliphatic heterocycles. The van der Waals surface area contributed by atoms with Crippen LogP contribution in [0, 0.1) is 11.2 Å². The number of methoxy groups -OCH3 is 1. The lowest BCUT2D eigenvalue weighted by molar-refractivity contribution is -0.123. The van der Waals surface area contributed by atoms with Gasteiger partial charge in [-0.25, -0.2) is 4.39 Å². The van der Waals surface area contributed by atoms with Crippen molar-refractivity contribution in [3.05, 3.63) is 57.8 Å². The molecule has 2 saturated carbocycles. The Morgan fingerprint density at radius 3 is 2.21 bits per heavy atom. The number of aldehydes is 1. The molecule has 2 aromatic rings. The van der Waals surface area contributed by atoms with Gasteiger partial charge in [0.15, 0.2) is 12.9 Å². The molecule has 0 unspecified atom stereocenters. The summed E-state index contributed by atoms with van der Waals surface area (Å²) in [6.45, 7) is 0.232. The van der Waals surface area contributed by atoms with Gasteiger partial charge in [0.25, 0.3) is 5.91 Å². The van der Waals surface area contributed by atoms with Crippen molar-refractivity contribution in [3.8, 4) is 11.5 Å². The summed E-state index contributed by atoms with van der Waals surface area (Å²) < 4.78 is 28.7. The Morgan fingerprint density at radius 2 is 1.65 bits per heavy atom. The largest absolute Gasteiger partial charge is 0.493 e. The van der Waals surface area contributed by atoms with Crippen LogP contribution in [-0.2, 0) is 14.3 Å². The van der Waals surface area contributed by atoms with Crippen LogP contribution in [0.1, 0.15) is 23.2 Å². The average molecular weight is 515 g/mol. The summed E-state index contributed by atoms with van der Waals surface area (Å²) in [5.74, 6) is -0.0689. The first-order valence-corrected chi connectivity index (χ1v) is 10.8. The van der Waals surface area contributed by atoms with E-state index in [-0.39, 0.29) is 40.7 Å². The molecular formula is C23H25Cl2FN2O6. The number of amides is 2. The molecule has 2 fully saturated rings.